The Hall–Kier alpha value is -2.82. The van der Waals surface area contributed by atoms with Crippen molar-refractivity contribution in [2.45, 2.75) is 59.0 Å². The van der Waals surface area contributed by atoms with Crippen LogP contribution in [0.3, 0.4) is 0 Å². The first-order chi connectivity index (χ1) is 17.2. The van der Waals surface area contributed by atoms with Crippen LogP contribution in [-0.4, -0.2) is 51.5 Å². The molecule has 0 unspecified atom stereocenters. The molecule has 0 aliphatic carbocycles. The largest absolute Gasteiger partial charge is 0.490 e. The van der Waals surface area contributed by atoms with Crippen molar-refractivity contribution >= 4 is 34.7 Å². The second-order valence-corrected chi connectivity index (χ2v) is 10.1. The Morgan fingerprint density at radius 1 is 1.22 bits per heavy atom. The number of pyridine rings is 1. The molecular weight excluding hydrogens is 505 g/mol. The number of halogens is 2. The molecule has 0 spiro atoms. The molecule has 3 rings (SSSR count). The SMILES string of the molecule is CCCC(=O)N[C@@H](CO)CCOc1cc(Cl)c(-c2nnc(-c3cc(C)nc(NC(C)C)c3)s2)cc1F. The minimum absolute atomic E-state index is 0.0146. The topological polar surface area (TPSA) is 109 Å². The third-order valence-electron chi connectivity index (χ3n) is 5.10. The van der Waals surface area contributed by atoms with E-state index in [-0.39, 0.29) is 35.9 Å². The highest BCUT2D eigenvalue weighted by atomic mass is 35.5. The summed E-state index contributed by atoms with van der Waals surface area (Å²) in [5.41, 5.74) is 2.11. The second-order valence-electron chi connectivity index (χ2n) is 8.69. The van der Waals surface area contributed by atoms with Gasteiger partial charge in [0.15, 0.2) is 11.6 Å². The molecule has 0 saturated heterocycles. The highest BCUT2D eigenvalue weighted by Gasteiger charge is 2.18. The number of benzene rings is 1. The first-order valence-electron chi connectivity index (χ1n) is 11.8. The van der Waals surface area contributed by atoms with Crippen LogP contribution in [0.1, 0.15) is 45.7 Å². The number of aliphatic hydroxyl groups excluding tert-OH is 1. The molecule has 1 atom stereocenters. The van der Waals surface area contributed by atoms with Crippen molar-refractivity contribution in [2.24, 2.45) is 0 Å². The molecule has 0 saturated carbocycles. The minimum Gasteiger partial charge on any atom is -0.490 e. The number of carbonyl (C=O) groups is 1. The number of ether oxygens (including phenoxy) is 1. The van der Waals surface area contributed by atoms with E-state index < -0.39 is 11.9 Å². The van der Waals surface area contributed by atoms with Gasteiger partial charge in [0.25, 0.3) is 0 Å². The van der Waals surface area contributed by atoms with Gasteiger partial charge in [-0.2, -0.15) is 0 Å². The smallest absolute Gasteiger partial charge is 0.220 e. The number of rotatable bonds is 12. The lowest BCUT2D eigenvalue weighted by Gasteiger charge is -2.17. The fourth-order valence-electron chi connectivity index (χ4n) is 3.46. The molecular formula is C25H31ClFN5O3S. The summed E-state index contributed by atoms with van der Waals surface area (Å²) in [5, 5.41) is 25.4. The van der Waals surface area contributed by atoms with E-state index in [0.29, 0.717) is 34.8 Å². The number of hydrogen-bond donors (Lipinski definition) is 3. The third kappa shape index (κ3) is 7.59. The van der Waals surface area contributed by atoms with Crippen LogP contribution < -0.4 is 15.4 Å². The predicted octanol–water partition coefficient (Wildman–Crippen LogP) is 5.23. The van der Waals surface area contributed by atoms with Gasteiger partial charge in [-0.15, -0.1) is 10.2 Å². The van der Waals surface area contributed by atoms with E-state index in [1.807, 2.05) is 39.8 Å². The van der Waals surface area contributed by atoms with Gasteiger partial charge in [0, 0.05) is 41.8 Å². The number of anilines is 1. The standard InChI is InChI=1S/C25H31ClFN5O3S/c1-5-6-23(34)30-17(13-33)7-8-35-21-12-19(26)18(11-20(21)27)25-32-31-24(36-25)16-9-15(4)29-22(10-16)28-14(2)3/h9-12,14,17,33H,5-8,13H2,1-4H3,(H,28,29)(H,30,34)/t17-/m1/s1. The van der Waals surface area contributed by atoms with Crippen molar-refractivity contribution < 1.29 is 19.0 Å². The van der Waals surface area contributed by atoms with Gasteiger partial charge >= 0.3 is 0 Å². The molecule has 0 radical (unpaired) electrons. The second kappa shape index (κ2) is 12.9. The molecule has 11 heteroatoms. The molecule has 1 aromatic carbocycles. The van der Waals surface area contributed by atoms with Gasteiger partial charge in [0.1, 0.15) is 15.8 Å². The van der Waals surface area contributed by atoms with Gasteiger partial charge < -0.3 is 20.5 Å². The normalized spacial score (nSPS) is 12.0. The van der Waals surface area contributed by atoms with Crippen LogP contribution in [0.15, 0.2) is 24.3 Å². The molecule has 194 valence electrons. The third-order valence-corrected chi connectivity index (χ3v) is 6.42. The number of nitrogens with zero attached hydrogens (tertiary/aromatic N) is 3. The van der Waals surface area contributed by atoms with E-state index in [1.165, 1.54) is 23.5 Å². The molecule has 1 amide bonds. The van der Waals surface area contributed by atoms with Crippen LogP contribution in [0.25, 0.3) is 21.1 Å². The number of aryl methyl sites for hydroxylation is 1. The van der Waals surface area contributed by atoms with E-state index in [9.17, 15) is 14.3 Å². The maximum atomic E-state index is 14.8. The summed E-state index contributed by atoms with van der Waals surface area (Å²) >= 11 is 7.75. The highest BCUT2D eigenvalue weighted by Crippen LogP contribution is 2.37. The molecule has 2 aromatic heterocycles. The zero-order valence-corrected chi connectivity index (χ0v) is 22.3. The van der Waals surface area contributed by atoms with Crippen LogP contribution in [-0.2, 0) is 4.79 Å². The van der Waals surface area contributed by atoms with Gasteiger partial charge in [-0.3, -0.25) is 4.79 Å². The molecule has 0 fully saturated rings. The Labute approximate surface area is 219 Å². The van der Waals surface area contributed by atoms with Crippen LogP contribution in [0.2, 0.25) is 5.02 Å². The number of carbonyl (C=O) groups excluding carboxylic acids is 1. The molecule has 8 nitrogen and oxygen atoms in total. The van der Waals surface area contributed by atoms with Crippen molar-refractivity contribution in [1.29, 1.82) is 0 Å². The summed E-state index contributed by atoms with van der Waals surface area (Å²) in [6.07, 6.45) is 1.42. The van der Waals surface area contributed by atoms with E-state index in [2.05, 4.69) is 25.8 Å². The first kappa shape index (κ1) is 27.8. The summed E-state index contributed by atoms with van der Waals surface area (Å²) < 4.78 is 20.4. The van der Waals surface area contributed by atoms with Crippen LogP contribution in [0.5, 0.6) is 5.75 Å². The van der Waals surface area contributed by atoms with Crippen molar-refractivity contribution in [1.82, 2.24) is 20.5 Å². The van der Waals surface area contributed by atoms with Gasteiger partial charge in [-0.1, -0.05) is 29.9 Å². The number of aromatic nitrogens is 3. The molecule has 3 N–H and O–H groups in total. The van der Waals surface area contributed by atoms with Crippen LogP contribution in [0.4, 0.5) is 10.2 Å². The Morgan fingerprint density at radius 3 is 2.67 bits per heavy atom. The maximum Gasteiger partial charge on any atom is 0.220 e. The molecule has 36 heavy (non-hydrogen) atoms. The summed E-state index contributed by atoms with van der Waals surface area (Å²) in [4.78, 5) is 16.2. The quantitative estimate of drug-likeness (QED) is 0.291. The summed E-state index contributed by atoms with van der Waals surface area (Å²) in [6.45, 7) is 7.74. The van der Waals surface area contributed by atoms with Gasteiger partial charge in [-0.25, -0.2) is 9.37 Å². The van der Waals surface area contributed by atoms with E-state index in [1.54, 1.807) is 0 Å². The molecule has 3 aromatic rings. The minimum atomic E-state index is -0.593. The number of amides is 1. The number of nitrogens with one attached hydrogen (secondary N) is 2. The highest BCUT2D eigenvalue weighted by molar-refractivity contribution is 7.18. The Balaban J connectivity index is 1.71. The Kier molecular flexibility index (Phi) is 9.98. The number of hydrogen-bond acceptors (Lipinski definition) is 8. The Bertz CT molecular complexity index is 1190. The van der Waals surface area contributed by atoms with E-state index in [4.69, 9.17) is 16.3 Å². The molecule has 0 aliphatic rings. The fraction of sp³-hybridized carbons (Fsp3) is 0.440. The van der Waals surface area contributed by atoms with Crippen molar-refractivity contribution in [2.75, 3.05) is 18.5 Å². The monoisotopic (exact) mass is 535 g/mol. The lowest BCUT2D eigenvalue weighted by molar-refractivity contribution is -0.122. The van der Waals surface area contributed by atoms with Crippen LogP contribution in [0, 0.1) is 12.7 Å². The van der Waals surface area contributed by atoms with Gasteiger partial charge in [0.2, 0.25) is 5.91 Å². The van der Waals surface area contributed by atoms with Crippen LogP contribution >= 0.6 is 22.9 Å². The zero-order valence-electron chi connectivity index (χ0n) is 20.8. The van der Waals surface area contributed by atoms with Crippen molar-refractivity contribution in [3.63, 3.8) is 0 Å². The zero-order chi connectivity index (χ0) is 26.2. The maximum absolute atomic E-state index is 14.8. The van der Waals surface area contributed by atoms with E-state index in [0.717, 1.165) is 17.1 Å². The molecule has 2 heterocycles. The molecule has 0 bridgehead atoms. The van der Waals surface area contributed by atoms with E-state index >= 15 is 0 Å². The molecule has 0 aliphatic heterocycles. The van der Waals surface area contributed by atoms with Crippen molar-refractivity contribution in [3.8, 4) is 26.9 Å². The van der Waals surface area contributed by atoms with Gasteiger partial charge in [-0.05, 0) is 45.4 Å². The predicted molar refractivity (Wildman–Crippen MR) is 141 cm³/mol. The summed E-state index contributed by atoms with van der Waals surface area (Å²) in [5.74, 6) is 0.000649. The summed E-state index contributed by atoms with van der Waals surface area (Å²) in [7, 11) is 0. The fourth-order valence-corrected chi connectivity index (χ4v) is 4.62. The average Bonchev–Trinajstić information content (AvgIpc) is 3.30. The first-order valence-corrected chi connectivity index (χ1v) is 13.0. The lowest BCUT2D eigenvalue weighted by Crippen LogP contribution is -2.38. The Morgan fingerprint density at radius 2 is 1.97 bits per heavy atom. The number of aliphatic hydroxyl groups is 1. The lowest BCUT2D eigenvalue weighted by atomic mass is 10.2. The van der Waals surface area contributed by atoms with Crippen molar-refractivity contribution in [3.05, 3.63) is 40.8 Å². The average molecular weight is 536 g/mol. The van der Waals surface area contributed by atoms with Gasteiger partial charge in [0.05, 0.1) is 24.3 Å². The summed E-state index contributed by atoms with van der Waals surface area (Å²) in [6, 6.07) is 6.26.